The molecular formula is C72H118O6. The first-order chi connectivity index (χ1) is 38.5. The van der Waals surface area contributed by atoms with E-state index >= 15 is 0 Å². The Labute approximate surface area is 481 Å². The van der Waals surface area contributed by atoms with Crippen molar-refractivity contribution in [2.75, 3.05) is 13.2 Å². The van der Waals surface area contributed by atoms with Gasteiger partial charge in [-0.3, -0.25) is 14.4 Å². The fraction of sp³-hybridized carbons (Fsp3) is 0.653. The standard InChI is InChI=1S/C72H118O6/c1-4-7-10-13-16-19-22-25-28-30-31-32-33-34-35-36-37-38-39-40-41-43-44-47-50-53-56-59-62-65-71(74)77-68-69(67-76-70(73)64-61-58-55-52-49-46-27-24-21-18-15-12-9-6-3)78-72(75)66-63-60-57-54-51-48-45-42-29-26-23-20-17-14-11-8-5-2/h7-8,10-11,16-17,19-20,25-26,28-29,31-32,34-35,37-38,40-41,44,47,69H,4-6,9,12-15,18,21-24,27,30,33,36,39,42-43,45-46,48-68H2,1-3H3/b10-7-,11-8-,19-16-,20-17-,28-25-,29-26-,32-31-,35-34-,38-37-,41-40-,47-44-. The van der Waals surface area contributed by atoms with Crippen LogP contribution in [0.3, 0.4) is 0 Å². The maximum absolute atomic E-state index is 12.9. The minimum Gasteiger partial charge on any atom is -0.462 e. The highest BCUT2D eigenvalue weighted by atomic mass is 16.6. The number of hydrogen-bond donors (Lipinski definition) is 0. The van der Waals surface area contributed by atoms with E-state index in [1.807, 2.05) is 0 Å². The molecule has 1 atom stereocenters. The van der Waals surface area contributed by atoms with Crippen LogP contribution < -0.4 is 0 Å². The summed E-state index contributed by atoms with van der Waals surface area (Å²) in [6.07, 6.45) is 91.6. The van der Waals surface area contributed by atoms with Gasteiger partial charge in [0.05, 0.1) is 0 Å². The molecule has 0 aromatic rings. The molecule has 442 valence electrons. The third-order valence-corrected chi connectivity index (χ3v) is 13.4. The van der Waals surface area contributed by atoms with Gasteiger partial charge in [-0.15, -0.1) is 0 Å². The van der Waals surface area contributed by atoms with Crippen LogP contribution in [-0.2, 0) is 28.6 Å². The molecule has 1 unspecified atom stereocenters. The largest absolute Gasteiger partial charge is 0.462 e. The molecule has 0 aliphatic rings. The van der Waals surface area contributed by atoms with Gasteiger partial charge in [0.1, 0.15) is 13.2 Å². The zero-order valence-corrected chi connectivity index (χ0v) is 50.6. The average molecular weight is 1080 g/mol. The first kappa shape index (κ1) is 73.5. The fourth-order valence-electron chi connectivity index (χ4n) is 8.65. The first-order valence-electron chi connectivity index (χ1n) is 32.2. The van der Waals surface area contributed by atoms with E-state index in [2.05, 4.69) is 154 Å². The number of hydrogen-bond acceptors (Lipinski definition) is 6. The monoisotopic (exact) mass is 1080 g/mol. The number of carbonyl (C=O) groups excluding carboxylic acids is 3. The summed E-state index contributed by atoms with van der Waals surface area (Å²) in [7, 11) is 0. The maximum Gasteiger partial charge on any atom is 0.306 e. The third kappa shape index (κ3) is 62.4. The van der Waals surface area contributed by atoms with E-state index in [0.29, 0.717) is 19.3 Å². The van der Waals surface area contributed by atoms with Crippen LogP contribution in [0.15, 0.2) is 134 Å². The van der Waals surface area contributed by atoms with Crippen molar-refractivity contribution in [2.24, 2.45) is 0 Å². The topological polar surface area (TPSA) is 78.9 Å². The van der Waals surface area contributed by atoms with Crippen molar-refractivity contribution in [1.82, 2.24) is 0 Å². The van der Waals surface area contributed by atoms with E-state index < -0.39 is 6.10 Å². The molecule has 0 spiro atoms. The number of rotatable bonds is 57. The van der Waals surface area contributed by atoms with Crippen LogP contribution in [-0.4, -0.2) is 37.2 Å². The van der Waals surface area contributed by atoms with Crippen LogP contribution in [0.25, 0.3) is 0 Å². The van der Waals surface area contributed by atoms with Crippen molar-refractivity contribution in [3.05, 3.63) is 134 Å². The van der Waals surface area contributed by atoms with Gasteiger partial charge in [0.2, 0.25) is 0 Å². The molecule has 0 saturated heterocycles. The number of esters is 3. The van der Waals surface area contributed by atoms with Gasteiger partial charge < -0.3 is 14.2 Å². The minimum absolute atomic E-state index is 0.0915. The lowest BCUT2D eigenvalue weighted by Gasteiger charge is -2.18. The normalized spacial score (nSPS) is 13.0. The van der Waals surface area contributed by atoms with Crippen molar-refractivity contribution in [1.29, 1.82) is 0 Å². The fourth-order valence-corrected chi connectivity index (χ4v) is 8.65. The molecule has 0 heterocycles. The van der Waals surface area contributed by atoms with Crippen LogP contribution in [0, 0.1) is 0 Å². The van der Waals surface area contributed by atoms with Crippen LogP contribution in [0.4, 0.5) is 0 Å². The van der Waals surface area contributed by atoms with E-state index in [0.717, 1.165) is 148 Å². The van der Waals surface area contributed by atoms with Gasteiger partial charge in [-0.05, 0) is 116 Å². The molecule has 0 aromatic heterocycles. The van der Waals surface area contributed by atoms with Gasteiger partial charge in [-0.2, -0.15) is 0 Å². The molecular weight excluding hydrogens is 961 g/mol. The minimum atomic E-state index is -0.798. The summed E-state index contributed by atoms with van der Waals surface area (Å²) < 4.78 is 16.9. The summed E-state index contributed by atoms with van der Waals surface area (Å²) in [6, 6.07) is 0. The van der Waals surface area contributed by atoms with Crippen LogP contribution in [0.1, 0.15) is 284 Å². The molecule has 6 heteroatoms. The molecule has 0 amide bonds. The highest BCUT2D eigenvalue weighted by Gasteiger charge is 2.19. The molecule has 0 saturated carbocycles. The quantitative estimate of drug-likeness (QED) is 0.0261. The molecule has 0 aromatic carbocycles. The van der Waals surface area contributed by atoms with Gasteiger partial charge in [0.25, 0.3) is 0 Å². The molecule has 0 aliphatic carbocycles. The van der Waals surface area contributed by atoms with Gasteiger partial charge in [-0.1, -0.05) is 283 Å². The Bertz CT molecular complexity index is 1670. The van der Waals surface area contributed by atoms with Gasteiger partial charge in [0, 0.05) is 19.3 Å². The lowest BCUT2D eigenvalue weighted by Crippen LogP contribution is -2.30. The van der Waals surface area contributed by atoms with Crippen molar-refractivity contribution < 1.29 is 28.6 Å². The Morgan fingerprint density at radius 2 is 0.500 bits per heavy atom. The lowest BCUT2D eigenvalue weighted by atomic mass is 10.0. The van der Waals surface area contributed by atoms with Gasteiger partial charge in [-0.25, -0.2) is 0 Å². The average Bonchev–Trinajstić information content (AvgIpc) is 3.44. The molecule has 0 rings (SSSR count). The van der Waals surface area contributed by atoms with Gasteiger partial charge >= 0.3 is 17.9 Å². The number of unbranched alkanes of at least 4 members (excludes halogenated alkanes) is 24. The lowest BCUT2D eigenvalue weighted by molar-refractivity contribution is -0.167. The SMILES string of the molecule is CC/C=C\C/C=C\C/C=C\C/C=C\C/C=C\C/C=C\C/C=C\C/C=C\CCCCCCC(=O)OCC(COC(=O)CCCCCCCCCCCCCCCC)OC(=O)CCCCCCCCC/C=C\C/C=C\C/C=C\CC. The van der Waals surface area contributed by atoms with Crippen molar-refractivity contribution in [3.63, 3.8) is 0 Å². The summed E-state index contributed by atoms with van der Waals surface area (Å²) in [5.74, 6) is -0.924. The Morgan fingerprint density at radius 1 is 0.269 bits per heavy atom. The number of allylic oxidation sites excluding steroid dienone is 22. The molecule has 0 bridgehead atoms. The summed E-state index contributed by atoms with van der Waals surface area (Å²) >= 11 is 0. The Morgan fingerprint density at radius 3 is 0.782 bits per heavy atom. The van der Waals surface area contributed by atoms with E-state index in [-0.39, 0.29) is 31.1 Å². The summed E-state index contributed by atoms with van der Waals surface area (Å²) in [6.45, 7) is 6.40. The van der Waals surface area contributed by atoms with Crippen molar-refractivity contribution in [3.8, 4) is 0 Å². The summed E-state index contributed by atoms with van der Waals surface area (Å²) in [5.41, 5.74) is 0. The Balaban J connectivity index is 4.40. The highest BCUT2D eigenvalue weighted by molar-refractivity contribution is 5.71. The van der Waals surface area contributed by atoms with Gasteiger partial charge in [0.15, 0.2) is 6.10 Å². The van der Waals surface area contributed by atoms with E-state index in [4.69, 9.17) is 14.2 Å². The summed E-state index contributed by atoms with van der Waals surface area (Å²) in [4.78, 5) is 38.3. The predicted octanol–water partition coefficient (Wildman–Crippen LogP) is 22.2. The Hall–Kier alpha value is -4.45. The molecule has 0 N–H and O–H groups in total. The van der Waals surface area contributed by atoms with E-state index in [9.17, 15) is 14.4 Å². The smallest absolute Gasteiger partial charge is 0.306 e. The number of carbonyl (C=O) groups is 3. The molecule has 0 fully saturated rings. The van der Waals surface area contributed by atoms with Crippen molar-refractivity contribution in [2.45, 2.75) is 290 Å². The first-order valence-corrected chi connectivity index (χ1v) is 32.2. The second-order valence-electron chi connectivity index (χ2n) is 20.9. The maximum atomic E-state index is 12.9. The molecule has 0 radical (unpaired) electrons. The van der Waals surface area contributed by atoms with E-state index in [1.165, 1.54) is 96.3 Å². The van der Waals surface area contributed by atoms with Crippen LogP contribution in [0.5, 0.6) is 0 Å². The zero-order chi connectivity index (χ0) is 56.4. The van der Waals surface area contributed by atoms with Crippen LogP contribution >= 0.6 is 0 Å². The third-order valence-electron chi connectivity index (χ3n) is 13.4. The second kappa shape index (κ2) is 65.1. The second-order valence-corrected chi connectivity index (χ2v) is 20.9. The molecule has 78 heavy (non-hydrogen) atoms. The molecule has 6 nitrogen and oxygen atoms in total. The molecule has 0 aliphatic heterocycles. The summed E-state index contributed by atoms with van der Waals surface area (Å²) in [5, 5.41) is 0. The Kier molecular flexibility index (Phi) is 61.4. The van der Waals surface area contributed by atoms with Crippen LogP contribution in [0.2, 0.25) is 0 Å². The number of ether oxygens (including phenoxy) is 3. The zero-order valence-electron chi connectivity index (χ0n) is 50.6. The highest BCUT2D eigenvalue weighted by Crippen LogP contribution is 2.16. The van der Waals surface area contributed by atoms with E-state index in [1.54, 1.807) is 0 Å². The predicted molar refractivity (Wildman–Crippen MR) is 339 cm³/mol. The van der Waals surface area contributed by atoms with Crippen molar-refractivity contribution >= 4 is 17.9 Å².